The Bertz CT molecular complexity index is 1000. The molecule has 1 saturated heterocycles. The van der Waals surface area contributed by atoms with E-state index in [1.165, 1.54) is 0 Å². The number of urea groups is 1. The number of thiophene rings is 1. The second-order valence-electron chi connectivity index (χ2n) is 7.33. The zero-order chi connectivity index (χ0) is 22.6. The van der Waals surface area contributed by atoms with E-state index in [2.05, 4.69) is 17.6 Å². The Hall–Kier alpha value is -3.20. The normalized spacial score (nSPS) is 18.1. The Labute approximate surface area is 184 Å². The first kappa shape index (κ1) is 22.5. The van der Waals surface area contributed by atoms with Crippen LogP contribution in [0.25, 0.3) is 0 Å². The van der Waals surface area contributed by atoms with Gasteiger partial charge in [0, 0.05) is 0 Å². The lowest BCUT2D eigenvalue weighted by Gasteiger charge is -2.22. The summed E-state index contributed by atoms with van der Waals surface area (Å²) in [5.41, 5.74) is 0.781. The number of carbonyl (C=O) groups excluding carboxylic acids is 4. The van der Waals surface area contributed by atoms with Gasteiger partial charge in [0.2, 0.25) is 5.91 Å². The third-order valence-corrected chi connectivity index (χ3v) is 5.89. The maximum Gasteiger partial charge on any atom is 0.341 e. The minimum absolute atomic E-state index is 0.211. The summed E-state index contributed by atoms with van der Waals surface area (Å²) in [4.78, 5) is 50.9. The van der Waals surface area contributed by atoms with Crippen LogP contribution < -0.4 is 10.6 Å². The van der Waals surface area contributed by atoms with Gasteiger partial charge >= 0.3 is 12.0 Å². The number of ether oxygens (including phenoxy) is 1. The molecule has 3 rings (SSSR count). The van der Waals surface area contributed by atoms with E-state index in [0.717, 1.165) is 34.6 Å². The second-order valence-corrected chi connectivity index (χ2v) is 8.24. The maximum absolute atomic E-state index is 13.0. The Balaban J connectivity index is 1.71. The van der Waals surface area contributed by atoms with E-state index in [4.69, 9.17) is 4.74 Å². The first-order chi connectivity index (χ1) is 14.8. The summed E-state index contributed by atoms with van der Waals surface area (Å²) in [6.07, 6.45) is 1.94. The molecule has 8 nitrogen and oxygen atoms in total. The van der Waals surface area contributed by atoms with Gasteiger partial charge in [0.25, 0.3) is 5.91 Å². The smallest absolute Gasteiger partial charge is 0.341 e. The Morgan fingerprint density at radius 3 is 2.52 bits per heavy atom. The molecule has 1 aromatic heterocycles. The number of nitrogens with zero attached hydrogens (tertiary/aromatic N) is 1. The molecule has 1 fully saturated rings. The molecule has 1 unspecified atom stereocenters. The van der Waals surface area contributed by atoms with E-state index in [1.54, 1.807) is 25.3 Å². The van der Waals surface area contributed by atoms with Crippen LogP contribution in [0, 0.1) is 0 Å². The fourth-order valence-electron chi connectivity index (χ4n) is 3.42. The highest BCUT2D eigenvalue weighted by molar-refractivity contribution is 7.14. The highest BCUT2D eigenvalue weighted by Gasteiger charge is 2.49. The number of rotatable bonds is 8. The van der Waals surface area contributed by atoms with Crippen molar-refractivity contribution in [3.05, 3.63) is 52.4 Å². The van der Waals surface area contributed by atoms with Crippen molar-refractivity contribution in [1.82, 2.24) is 10.2 Å². The van der Waals surface area contributed by atoms with Gasteiger partial charge in [-0.1, -0.05) is 37.6 Å². The molecule has 1 aliphatic heterocycles. The molecule has 0 radical (unpaired) electrons. The number of aryl methyl sites for hydroxylation is 1. The van der Waals surface area contributed by atoms with E-state index < -0.39 is 35.9 Å². The van der Waals surface area contributed by atoms with Gasteiger partial charge in [-0.3, -0.25) is 14.5 Å². The lowest BCUT2D eigenvalue weighted by molar-refractivity contribution is -0.133. The molecule has 2 aromatic rings. The summed E-state index contributed by atoms with van der Waals surface area (Å²) in [6, 6.07) is 8.43. The summed E-state index contributed by atoms with van der Waals surface area (Å²) in [5.74, 6) is -1.64. The fraction of sp³-hybridized carbons (Fsp3) is 0.364. The summed E-state index contributed by atoms with van der Waals surface area (Å²) in [5, 5.41) is 7.24. The standard InChI is InChI=1S/C22H25N3O5S/c1-4-6-14-7-9-15(10-8-14)22(3)20(28)25(21(29)24-22)13-17(26)23-18-16(11-12-31-18)19(27)30-5-2/h7-12H,4-6,13H2,1-3H3,(H,23,26)(H,24,29). The average Bonchev–Trinajstić information content (AvgIpc) is 3.28. The van der Waals surface area contributed by atoms with E-state index >= 15 is 0 Å². The van der Waals surface area contributed by atoms with Gasteiger partial charge in [0.05, 0.1) is 12.2 Å². The molecule has 0 bridgehead atoms. The van der Waals surface area contributed by atoms with Crippen molar-refractivity contribution in [2.45, 2.75) is 39.2 Å². The molecule has 2 heterocycles. The fourth-order valence-corrected chi connectivity index (χ4v) is 4.21. The minimum Gasteiger partial charge on any atom is -0.462 e. The van der Waals surface area contributed by atoms with Crippen LogP contribution in [0.4, 0.5) is 9.80 Å². The molecule has 1 atom stereocenters. The van der Waals surface area contributed by atoms with Gasteiger partial charge in [-0.2, -0.15) is 0 Å². The molecule has 4 amide bonds. The maximum atomic E-state index is 13.0. The van der Waals surface area contributed by atoms with Crippen LogP contribution in [0.2, 0.25) is 0 Å². The zero-order valence-electron chi connectivity index (χ0n) is 17.7. The van der Waals surface area contributed by atoms with Crippen LogP contribution in [-0.2, 0) is 26.3 Å². The first-order valence-electron chi connectivity index (χ1n) is 10.1. The van der Waals surface area contributed by atoms with Crippen molar-refractivity contribution >= 4 is 40.2 Å². The minimum atomic E-state index is -1.25. The topological polar surface area (TPSA) is 105 Å². The Kier molecular flexibility index (Phi) is 6.74. The average molecular weight is 444 g/mol. The number of hydrogen-bond acceptors (Lipinski definition) is 6. The summed E-state index contributed by atoms with van der Waals surface area (Å²) in [6.45, 7) is 5.15. The third kappa shape index (κ3) is 4.61. The van der Waals surface area contributed by atoms with Crippen LogP contribution in [0.5, 0.6) is 0 Å². The Morgan fingerprint density at radius 2 is 1.87 bits per heavy atom. The zero-order valence-corrected chi connectivity index (χ0v) is 18.5. The molecule has 9 heteroatoms. The van der Waals surface area contributed by atoms with Gasteiger partial charge in [0.15, 0.2) is 0 Å². The highest BCUT2D eigenvalue weighted by Crippen LogP contribution is 2.29. The van der Waals surface area contributed by atoms with Gasteiger partial charge in [0.1, 0.15) is 17.1 Å². The van der Waals surface area contributed by atoms with Crippen molar-refractivity contribution in [2.24, 2.45) is 0 Å². The van der Waals surface area contributed by atoms with E-state index in [1.807, 2.05) is 24.3 Å². The summed E-state index contributed by atoms with van der Waals surface area (Å²) in [7, 11) is 0. The molecule has 0 saturated carbocycles. The number of anilines is 1. The molecule has 1 aromatic carbocycles. The second kappa shape index (κ2) is 9.30. The quantitative estimate of drug-likeness (QED) is 0.481. The lowest BCUT2D eigenvalue weighted by Crippen LogP contribution is -2.42. The van der Waals surface area contributed by atoms with E-state index in [0.29, 0.717) is 10.6 Å². The third-order valence-electron chi connectivity index (χ3n) is 5.06. The van der Waals surface area contributed by atoms with Crippen LogP contribution in [0.3, 0.4) is 0 Å². The number of hydrogen-bond donors (Lipinski definition) is 2. The highest BCUT2D eigenvalue weighted by atomic mass is 32.1. The number of imide groups is 1. The molecule has 0 spiro atoms. The van der Waals surface area contributed by atoms with E-state index in [9.17, 15) is 19.2 Å². The summed E-state index contributed by atoms with van der Waals surface area (Å²) >= 11 is 1.16. The van der Waals surface area contributed by atoms with Gasteiger partial charge in [-0.15, -0.1) is 11.3 Å². The lowest BCUT2D eigenvalue weighted by atomic mass is 9.91. The molecular weight excluding hydrogens is 418 g/mol. The van der Waals surface area contributed by atoms with E-state index in [-0.39, 0.29) is 12.2 Å². The molecule has 0 aliphatic carbocycles. The summed E-state index contributed by atoms with van der Waals surface area (Å²) < 4.78 is 4.96. The number of esters is 1. The van der Waals surface area contributed by atoms with Crippen molar-refractivity contribution in [3.63, 3.8) is 0 Å². The molecule has 164 valence electrons. The number of benzene rings is 1. The van der Waals surface area contributed by atoms with Gasteiger partial charge in [-0.05, 0) is 42.8 Å². The Morgan fingerprint density at radius 1 is 1.16 bits per heavy atom. The SMILES string of the molecule is CCCc1ccc(C2(C)NC(=O)N(CC(=O)Nc3sccc3C(=O)OCC)C2=O)cc1. The predicted octanol–water partition coefficient (Wildman–Crippen LogP) is 3.28. The van der Waals surface area contributed by atoms with Crippen molar-refractivity contribution in [3.8, 4) is 0 Å². The van der Waals surface area contributed by atoms with Crippen molar-refractivity contribution in [1.29, 1.82) is 0 Å². The van der Waals surface area contributed by atoms with Crippen LogP contribution in [0.15, 0.2) is 35.7 Å². The molecule has 2 N–H and O–H groups in total. The number of amides is 4. The molecular formula is C22H25N3O5S. The van der Waals surface area contributed by atoms with Crippen molar-refractivity contribution < 1.29 is 23.9 Å². The van der Waals surface area contributed by atoms with Gasteiger partial charge in [-0.25, -0.2) is 9.59 Å². The predicted molar refractivity (Wildman–Crippen MR) is 117 cm³/mol. The molecule has 1 aliphatic rings. The monoisotopic (exact) mass is 443 g/mol. The first-order valence-corrected chi connectivity index (χ1v) is 11.0. The molecule has 31 heavy (non-hydrogen) atoms. The van der Waals surface area contributed by atoms with Crippen LogP contribution >= 0.6 is 11.3 Å². The van der Waals surface area contributed by atoms with Crippen LogP contribution in [-0.4, -0.2) is 41.9 Å². The van der Waals surface area contributed by atoms with Gasteiger partial charge < -0.3 is 15.4 Å². The largest absolute Gasteiger partial charge is 0.462 e. The number of carbonyl (C=O) groups is 4. The van der Waals surface area contributed by atoms with Crippen LogP contribution in [0.1, 0.15) is 48.7 Å². The van der Waals surface area contributed by atoms with Crippen molar-refractivity contribution in [2.75, 3.05) is 18.5 Å². The number of nitrogens with one attached hydrogen (secondary N) is 2.